The van der Waals surface area contributed by atoms with Gasteiger partial charge in [-0.1, -0.05) is 19.1 Å². The molecule has 1 unspecified atom stereocenters. The lowest BCUT2D eigenvalue weighted by Crippen LogP contribution is -2.41. The SMILES string of the molecule is CCC(CCNC(=NC)NCc1ccc(C)cc1OC)N1CCCC1=O.I. The van der Waals surface area contributed by atoms with E-state index in [0.29, 0.717) is 24.9 Å². The van der Waals surface area contributed by atoms with Gasteiger partial charge in [-0.25, -0.2) is 0 Å². The highest BCUT2D eigenvalue weighted by atomic mass is 127. The van der Waals surface area contributed by atoms with Gasteiger partial charge in [-0.15, -0.1) is 24.0 Å². The van der Waals surface area contributed by atoms with Gasteiger partial charge >= 0.3 is 0 Å². The van der Waals surface area contributed by atoms with Crippen LogP contribution in [0.25, 0.3) is 0 Å². The quantitative estimate of drug-likeness (QED) is 0.336. The van der Waals surface area contributed by atoms with Gasteiger partial charge in [-0.2, -0.15) is 0 Å². The van der Waals surface area contributed by atoms with E-state index in [4.69, 9.17) is 4.74 Å². The normalized spacial score (nSPS) is 15.3. The lowest BCUT2D eigenvalue weighted by molar-refractivity contribution is -0.129. The second kappa shape index (κ2) is 12.0. The predicted molar refractivity (Wildman–Crippen MR) is 121 cm³/mol. The van der Waals surface area contributed by atoms with Crippen LogP contribution < -0.4 is 15.4 Å². The minimum absolute atomic E-state index is 0. The van der Waals surface area contributed by atoms with Crippen molar-refractivity contribution in [3.63, 3.8) is 0 Å². The average molecular weight is 488 g/mol. The van der Waals surface area contributed by atoms with Crippen LogP contribution in [0.4, 0.5) is 0 Å². The molecule has 27 heavy (non-hydrogen) atoms. The third-order valence-electron chi connectivity index (χ3n) is 4.90. The number of likely N-dealkylation sites (tertiary alicyclic amines) is 1. The van der Waals surface area contributed by atoms with E-state index in [9.17, 15) is 4.79 Å². The Kier molecular flexibility index (Phi) is 10.5. The molecule has 0 bridgehead atoms. The first-order valence-corrected chi connectivity index (χ1v) is 9.46. The second-order valence-corrected chi connectivity index (χ2v) is 6.71. The van der Waals surface area contributed by atoms with Crippen molar-refractivity contribution in [1.82, 2.24) is 15.5 Å². The van der Waals surface area contributed by atoms with Crippen molar-refractivity contribution in [1.29, 1.82) is 0 Å². The van der Waals surface area contributed by atoms with Crippen LogP contribution in [0.5, 0.6) is 5.75 Å². The zero-order valence-electron chi connectivity index (χ0n) is 16.9. The maximum absolute atomic E-state index is 11.9. The summed E-state index contributed by atoms with van der Waals surface area (Å²) < 4.78 is 5.45. The van der Waals surface area contributed by atoms with Crippen molar-refractivity contribution in [3.8, 4) is 5.75 Å². The molecular weight excluding hydrogens is 455 g/mol. The van der Waals surface area contributed by atoms with Gasteiger partial charge in [0.25, 0.3) is 0 Å². The van der Waals surface area contributed by atoms with Crippen LogP contribution in [0, 0.1) is 6.92 Å². The summed E-state index contributed by atoms with van der Waals surface area (Å²) >= 11 is 0. The first-order valence-electron chi connectivity index (χ1n) is 9.46. The van der Waals surface area contributed by atoms with Crippen LogP contribution in [0.1, 0.15) is 43.7 Å². The van der Waals surface area contributed by atoms with E-state index in [1.54, 1.807) is 14.2 Å². The van der Waals surface area contributed by atoms with Crippen LogP contribution in [0.3, 0.4) is 0 Å². The molecule has 2 rings (SSSR count). The van der Waals surface area contributed by atoms with Crippen LogP contribution in [0.2, 0.25) is 0 Å². The Morgan fingerprint density at radius 1 is 1.37 bits per heavy atom. The third-order valence-corrected chi connectivity index (χ3v) is 4.90. The van der Waals surface area contributed by atoms with Crippen LogP contribution in [0.15, 0.2) is 23.2 Å². The van der Waals surface area contributed by atoms with Gasteiger partial charge in [0.2, 0.25) is 5.91 Å². The van der Waals surface area contributed by atoms with E-state index < -0.39 is 0 Å². The van der Waals surface area contributed by atoms with Crippen molar-refractivity contribution < 1.29 is 9.53 Å². The Morgan fingerprint density at radius 3 is 2.74 bits per heavy atom. The fraction of sp³-hybridized carbons (Fsp3) is 0.600. The fourth-order valence-corrected chi connectivity index (χ4v) is 3.39. The highest BCUT2D eigenvalue weighted by Crippen LogP contribution is 2.20. The lowest BCUT2D eigenvalue weighted by atomic mass is 10.1. The summed E-state index contributed by atoms with van der Waals surface area (Å²) in [6, 6.07) is 6.49. The van der Waals surface area contributed by atoms with Gasteiger partial charge in [0.05, 0.1) is 7.11 Å². The molecule has 1 aliphatic heterocycles. The first kappa shape index (κ1) is 23.5. The number of carbonyl (C=O) groups is 1. The molecule has 1 atom stereocenters. The number of aryl methyl sites for hydroxylation is 1. The van der Waals surface area contributed by atoms with E-state index in [0.717, 1.165) is 49.6 Å². The van der Waals surface area contributed by atoms with Crippen molar-refractivity contribution in [2.75, 3.05) is 27.2 Å². The van der Waals surface area contributed by atoms with E-state index in [1.165, 1.54) is 5.56 Å². The molecule has 2 N–H and O–H groups in total. The van der Waals surface area contributed by atoms with Crippen molar-refractivity contribution in [2.45, 2.75) is 52.1 Å². The van der Waals surface area contributed by atoms with Gasteiger partial charge in [0.1, 0.15) is 5.75 Å². The Morgan fingerprint density at radius 2 is 2.15 bits per heavy atom. The summed E-state index contributed by atoms with van der Waals surface area (Å²) in [5.41, 5.74) is 2.27. The molecule has 1 aromatic carbocycles. The van der Waals surface area contributed by atoms with E-state index in [-0.39, 0.29) is 24.0 Å². The fourth-order valence-electron chi connectivity index (χ4n) is 3.39. The molecule has 0 spiro atoms. The predicted octanol–water partition coefficient (Wildman–Crippen LogP) is 3.08. The first-order chi connectivity index (χ1) is 12.6. The molecule has 0 aliphatic carbocycles. The van der Waals surface area contributed by atoms with Gasteiger partial charge < -0.3 is 20.3 Å². The largest absolute Gasteiger partial charge is 0.496 e. The van der Waals surface area contributed by atoms with Gasteiger partial charge in [-0.05, 0) is 37.8 Å². The second-order valence-electron chi connectivity index (χ2n) is 6.71. The van der Waals surface area contributed by atoms with Crippen LogP contribution in [-0.2, 0) is 11.3 Å². The molecular formula is C20H33IN4O2. The smallest absolute Gasteiger partial charge is 0.222 e. The van der Waals surface area contributed by atoms with Crippen molar-refractivity contribution in [3.05, 3.63) is 29.3 Å². The van der Waals surface area contributed by atoms with Gasteiger partial charge in [0, 0.05) is 44.7 Å². The number of benzene rings is 1. The number of ether oxygens (including phenoxy) is 1. The maximum Gasteiger partial charge on any atom is 0.222 e. The number of halogens is 1. The number of rotatable bonds is 8. The van der Waals surface area contributed by atoms with Gasteiger partial charge in [-0.3, -0.25) is 9.79 Å². The highest BCUT2D eigenvalue weighted by Gasteiger charge is 2.26. The molecule has 7 heteroatoms. The van der Waals surface area contributed by atoms with E-state index in [1.807, 2.05) is 11.0 Å². The Labute approximate surface area is 180 Å². The molecule has 0 radical (unpaired) electrons. The molecule has 152 valence electrons. The Bertz CT molecular complexity index is 636. The zero-order valence-corrected chi connectivity index (χ0v) is 19.2. The number of methoxy groups -OCH3 is 1. The summed E-state index contributed by atoms with van der Waals surface area (Å²) in [5.74, 6) is 1.94. The number of guanidine groups is 1. The minimum Gasteiger partial charge on any atom is -0.496 e. The number of aliphatic imine (C=N–C) groups is 1. The third kappa shape index (κ3) is 6.86. The summed E-state index contributed by atoms with van der Waals surface area (Å²) in [7, 11) is 3.46. The van der Waals surface area contributed by atoms with Crippen molar-refractivity contribution in [2.24, 2.45) is 4.99 Å². The maximum atomic E-state index is 11.9. The van der Waals surface area contributed by atoms with Crippen LogP contribution in [-0.4, -0.2) is 50.1 Å². The average Bonchev–Trinajstić information content (AvgIpc) is 3.07. The zero-order chi connectivity index (χ0) is 18.9. The van der Waals surface area contributed by atoms with Crippen molar-refractivity contribution >= 4 is 35.8 Å². The number of hydrogen-bond acceptors (Lipinski definition) is 3. The highest BCUT2D eigenvalue weighted by molar-refractivity contribution is 14.0. The molecule has 1 fully saturated rings. The number of hydrogen-bond donors (Lipinski definition) is 2. The Balaban J connectivity index is 0.00000364. The monoisotopic (exact) mass is 488 g/mol. The lowest BCUT2D eigenvalue weighted by Gasteiger charge is -2.27. The number of carbonyl (C=O) groups excluding carboxylic acids is 1. The number of nitrogens with zero attached hydrogens (tertiary/aromatic N) is 2. The van der Waals surface area contributed by atoms with E-state index >= 15 is 0 Å². The number of nitrogens with one attached hydrogen (secondary N) is 2. The summed E-state index contributed by atoms with van der Waals surface area (Å²) in [5, 5.41) is 6.68. The molecule has 6 nitrogen and oxygen atoms in total. The van der Waals surface area contributed by atoms with E-state index in [2.05, 4.69) is 41.6 Å². The number of amides is 1. The molecule has 1 amide bonds. The molecule has 0 saturated carbocycles. The summed E-state index contributed by atoms with van der Waals surface area (Å²) in [6.07, 6.45) is 3.60. The molecule has 1 aliphatic rings. The minimum atomic E-state index is 0. The topological polar surface area (TPSA) is 66.0 Å². The van der Waals surface area contributed by atoms with Crippen LogP contribution >= 0.6 is 24.0 Å². The standard InChI is InChI=1S/C20H32N4O2.HI/c1-5-17(24-12-6-7-19(24)25)10-11-22-20(21-3)23-14-16-9-8-15(2)13-18(16)26-4;/h8-9,13,17H,5-7,10-12,14H2,1-4H3,(H2,21,22,23);1H. The molecule has 1 aromatic rings. The summed E-state index contributed by atoms with van der Waals surface area (Å²) in [4.78, 5) is 18.3. The molecule has 1 heterocycles. The van der Waals surface area contributed by atoms with Gasteiger partial charge in [0.15, 0.2) is 5.96 Å². The Hall–Kier alpha value is -1.51. The molecule has 0 aromatic heterocycles. The molecule has 1 saturated heterocycles. The summed E-state index contributed by atoms with van der Waals surface area (Å²) in [6.45, 7) is 6.53.